The Morgan fingerprint density at radius 3 is 2.33 bits per heavy atom. The average Bonchev–Trinajstić information content (AvgIpc) is 2.54. The number of hydrogen-bond acceptors (Lipinski definition) is 3. The number of rotatable bonds is 1. The molecule has 1 rings (SSSR count). The van der Waals surface area contributed by atoms with E-state index in [4.69, 9.17) is 18.0 Å². The van der Waals surface area contributed by atoms with E-state index >= 15 is 0 Å². The summed E-state index contributed by atoms with van der Waals surface area (Å²) < 4.78 is 0.981. The van der Waals surface area contributed by atoms with Gasteiger partial charge in [-0.1, -0.05) is 26.1 Å². The molecule has 70 valence electrons. The molecule has 0 saturated carbocycles. The van der Waals surface area contributed by atoms with Crippen LogP contribution in [0.3, 0.4) is 0 Å². The molecule has 0 bridgehead atoms. The fraction of sp³-hybridized carbons (Fsp3) is 0.667. The molecule has 3 heteroatoms. The summed E-state index contributed by atoms with van der Waals surface area (Å²) in [6.07, 6.45) is 5.31. The molecule has 1 aliphatic rings. The quantitative estimate of drug-likeness (QED) is 0.663. The predicted octanol–water partition coefficient (Wildman–Crippen LogP) is 3.10. The molecule has 0 radical (unpaired) electrons. The molecule has 0 aromatic heterocycles. The van der Waals surface area contributed by atoms with Crippen LogP contribution in [0.15, 0.2) is 11.3 Å². The van der Waals surface area contributed by atoms with Gasteiger partial charge in [-0.05, 0) is 31.1 Å². The van der Waals surface area contributed by atoms with E-state index in [-0.39, 0.29) is 0 Å². The summed E-state index contributed by atoms with van der Waals surface area (Å²) in [5.41, 5.74) is 7.97. The van der Waals surface area contributed by atoms with E-state index in [9.17, 15) is 0 Å². The average molecular weight is 203 g/mol. The molecule has 0 aromatic rings. The van der Waals surface area contributed by atoms with Crippen molar-refractivity contribution in [2.45, 2.75) is 33.1 Å². The van der Waals surface area contributed by atoms with E-state index < -0.39 is 0 Å². The number of thiocarbonyl (C=S) groups is 1. The molecule has 1 aliphatic carbocycles. The molecule has 0 heterocycles. The molecule has 0 atom stereocenters. The van der Waals surface area contributed by atoms with E-state index in [1.54, 1.807) is 11.8 Å². The van der Waals surface area contributed by atoms with Crippen molar-refractivity contribution in [3.63, 3.8) is 0 Å². The van der Waals surface area contributed by atoms with Crippen LogP contribution in [0, 0.1) is 0 Å². The second-order valence-electron chi connectivity index (χ2n) is 2.35. The van der Waals surface area contributed by atoms with Gasteiger partial charge >= 0.3 is 0 Å². The molecule has 0 spiro atoms. The van der Waals surface area contributed by atoms with Gasteiger partial charge < -0.3 is 5.73 Å². The van der Waals surface area contributed by atoms with E-state index in [1.165, 1.54) is 12.0 Å². The molecule has 0 unspecified atom stereocenters. The first-order valence-electron chi connectivity index (χ1n) is 4.31. The van der Waals surface area contributed by atoms with E-state index in [1.807, 2.05) is 20.1 Å². The Kier molecular flexibility index (Phi) is 6.48. The highest BCUT2D eigenvalue weighted by atomic mass is 32.2. The van der Waals surface area contributed by atoms with Crippen LogP contribution in [-0.2, 0) is 0 Å². The monoisotopic (exact) mass is 203 g/mol. The van der Waals surface area contributed by atoms with E-state index in [2.05, 4.69) is 0 Å². The van der Waals surface area contributed by atoms with Crippen molar-refractivity contribution in [2.75, 3.05) is 6.26 Å². The lowest BCUT2D eigenvalue weighted by molar-refractivity contribution is 0.897. The van der Waals surface area contributed by atoms with Crippen LogP contribution in [0.25, 0.3) is 0 Å². The van der Waals surface area contributed by atoms with Crippen molar-refractivity contribution in [2.24, 2.45) is 5.73 Å². The van der Waals surface area contributed by atoms with Gasteiger partial charge in [0.2, 0.25) is 0 Å². The topological polar surface area (TPSA) is 26.0 Å². The van der Waals surface area contributed by atoms with Gasteiger partial charge in [0, 0.05) is 5.70 Å². The predicted molar refractivity (Wildman–Crippen MR) is 62.5 cm³/mol. The first-order valence-corrected chi connectivity index (χ1v) is 5.95. The van der Waals surface area contributed by atoms with Gasteiger partial charge in [-0.25, -0.2) is 0 Å². The zero-order chi connectivity index (χ0) is 9.56. The summed E-state index contributed by atoms with van der Waals surface area (Å²) in [5, 5.41) is 0. The molecule has 2 N–H and O–H groups in total. The van der Waals surface area contributed by atoms with Gasteiger partial charge in [-0.15, -0.1) is 11.8 Å². The zero-order valence-corrected chi connectivity index (χ0v) is 9.65. The molecule has 12 heavy (non-hydrogen) atoms. The summed E-state index contributed by atoms with van der Waals surface area (Å²) in [6.45, 7) is 4.00. The van der Waals surface area contributed by atoms with E-state index in [0.717, 1.165) is 22.7 Å². The molecule has 0 aliphatic heterocycles. The minimum absolute atomic E-state index is 0.981. The van der Waals surface area contributed by atoms with Crippen LogP contribution in [-0.4, -0.2) is 10.5 Å². The number of allylic oxidation sites excluding steroid dienone is 1. The smallest absolute Gasteiger partial charge is 0.0752 e. The Hall–Kier alpha value is -0.0200. The standard InChI is InChI=1S/C7H11NS2.C2H6/c1-10-7(9)5-3-2-4-6(5)8;1-2/h2-4,8H2,1H3;1-2H3. The molecule has 0 aromatic carbocycles. The number of nitrogens with two attached hydrogens (primary N) is 1. The van der Waals surface area contributed by atoms with Crippen LogP contribution in [0.4, 0.5) is 0 Å². The molecule has 0 saturated heterocycles. The Labute approximate surface area is 84.8 Å². The Morgan fingerprint density at radius 2 is 2.00 bits per heavy atom. The normalized spacial score (nSPS) is 15.6. The fourth-order valence-electron chi connectivity index (χ4n) is 1.12. The SMILES string of the molecule is CC.CSC(=S)C1=C(N)CCC1. The minimum Gasteiger partial charge on any atom is -0.402 e. The van der Waals surface area contributed by atoms with Crippen LogP contribution in [0.5, 0.6) is 0 Å². The van der Waals surface area contributed by atoms with Crippen molar-refractivity contribution >= 4 is 28.2 Å². The van der Waals surface area contributed by atoms with Crippen molar-refractivity contribution in [3.05, 3.63) is 11.3 Å². The van der Waals surface area contributed by atoms with Gasteiger partial charge in [-0.2, -0.15) is 0 Å². The third-order valence-corrected chi connectivity index (χ3v) is 3.06. The van der Waals surface area contributed by atoms with Crippen molar-refractivity contribution in [3.8, 4) is 0 Å². The summed E-state index contributed by atoms with van der Waals surface area (Å²) in [4.78, 5) is 0. The third-order valence-electron chi connectivity index (χ3n) is 1.69. The molecule has 0 fully saturated rings. The highest BCUT2D eigenvalue weighted by Crippen LogP contribution is 2.26. The maximum atomic E-state index is 5.73. The lowest BCUT2D eigenvalue weighted by atomic mass is 10.2. The van der Waals surface area contributed by atoms with Gasteiger partial charge in [0.1, 0.15) is 0 Å². The summed E-state index contributed by atoms with van der Waals surface area (Å²) >= 11 is 6.74. The highest BCUT2D eigenvalue weighted by molar-refractivity contribution is 8.23. The van der Waals surface area contributed by atoms with Crippen LogP contribution >= 0.6 is 24.0 Å². The lowest BCUT2D eigenvalue weighted by Crippen LogP contribution is -2.00. The molecular formula is C9H17NS2. The van der Waals surface area contributed by atoms with Gasteiger partial charge in [0.05, 0.1) is 4.20 Å². The largest absolute Gasteiger partial charge is 0.402 e. The zero-order valence-electron chi connectivity index (χ0n) is 8.02. The molecule has 1 nitrogen and oxygen atoms in total. The second-order valence-corrected chi connectivity index (χ2v) is 3.83. The van der Waals surface area contributed by atoms with Gasteiger partial charge in [0.25, 0.3) is 0 Å². The lowest BCUT2D eigenvalue weighted by Gasteiger charge is -2.00. The summed E-state index contributed by atoms with van der Waals surface area (Å²) in [6, 6.07) is 0. The number of thioether (sulfide) groups is 1. The molecule has 0 amide bonds. The third kappa shape index (κ3) is 3.15. The maximum Gasteiger partial charge on any atom is 0.0752 e. The molecular weight excluding hydrogens is 186 g/mol. The van der Waals surface area contributed by atoms with Crippen LogP contribution in [0.1, 0.15) is 33.1 Å². The summed E-state index contributed by atoms with van der Waals surface area (Å²) in [7, 11) is 0. The van der Waals surface area contributed by atoms with Crippen molar-refractivity contribution in [1.82, 2.24) is 0 Å². The first-order chi connectivity index (χ1) is 5.75. The number of hydrogen-bond donors (Lipinski definition) is 1. The maximum absolute atomic E-state index is 5.73. The summed E-state index contributed by atoms with van der Waals surface area (Å²) in [5.74, 6) is 0. The van der Waals surface area contributed by atoms with Gasteiger partial charge in [0.15, 0.2) is 0 Å². The Morgan fingerprint density at radius 1 is 1.42 bits per heavy atom. The fourth-order valence-corrected chi connectivity index (χ4v) is 1.84. The minimum atomic E-state index is 0.981. The van der Waals surface area contributed by atoms with Crippen molar-refractivity contribution in [1.29, 1.82) is 0 Å². The van der Waals surface area contributed by atoms with Crippen LogP contribution in [0.2, 0.25) is 0 Å². The first kappa shape index (κ1) is 12.0. The van der Waals surface area contributed by atoms with E-state index in [0.29, 0.717) is 0 Å². The van der Waals surface area contributed by atoms with Gasteiger partial charge in [-0.3, -0.25) is 0 Å². The second kappa shape index (κ2) is 6.49. The van der Waals surface area contributed by atoms with Crippen LogP contribution < -0.4 is 5.73 Å². The Balaban J connectivity index is 0.000000561. The van der Waals surface area contributed by atoms with Crippen molar-refractivity contribution < 1.29 is 0 Å². The Bertz CT molecular complexity index is 185. The highest BCUT2D eigenvalue weighted by Gasteiger charge is 2.14.